The van der Waals surface area contributed by atoms with Crippen LogP contribution in [0.4, 0.5) is 4.39 Å². The molecule has 0 fully saturated rings. The summed E-state index contributed by atoms with van der Waals surface area (Å²) in [4.78, 5) is 0. The Bertz CT molecular complexity index is 484. The van der Waals surface area contributed by atoms with E-state index in [1.807, 2.05) is 0 Å². The Balaban J connectivity index is 1.71. The molecule has 5 nitrogen and oxygen atoms in total. The first-order valence-electron chi connectivity index (χ1n) is 5.66. The number of aliphatic hydroxyl groups is 1. The lowest BCUT2D eigenvalue weighted by Crippen LogP contribution is -2.05. The molecular formula is C12H14FN3O2. The molecule has 2 rings (SSSR count). The molecule has 1 aromatic heterocycles. The van der Waals surface area contributed by atoms with Crippen molar-refractivity contribution in [3.63, 3.8) is 0 Å². The van der Waals surface area contributed by atoms with Gasteiger partial charge in [-0.25, -0.2) is 4.39 Å². The van der Waals surface area contributed by atoms with Gasteiger partial charge in [0.05, 0.1) is 19.4 Å². The number of aryl methyl sites for hydroxylation is 1. The number of aliphatic hydroxyl groups excluding tert-OH is 1. The lowest BCUT2D eigenvalue weighted by Gasteiger charge is -2.05. The van der Waals surface area contributed by atoms with Gasteiger partial charge in [0.25, 0.3) is 0 Å². The first-order valence-corrected chi connectivity index (χ1v) is 5.66. The fraction of sp³-hybridized carbons (Fsp3) is 0.333. The van der Waals surface area contributed by atoms with Gasteiger partial charge in [-0.1, -0.05) is 5.21 Å². The van der Waals surface area contributed by atoms with E-state index >= 15 is 0 Å². The topological polar surface area (TPSA) is 60.2 Å². The fourth-order valence-electron chi connectivity index (χ4n) is 1.47. The van der Waals surface area contributed by atoms with E-state index in [2.05, 4.69) is 10.3 Å². The van der Waals surface area contributed by atoms with E-state index in [-0.39, 0.29) is 12.4 Å². The molecule has 18 heavy (non-hydrogen) atoms. The van der Waals surface area contributed by atoms with E-state index in [9.17, 15) is 4.39 Å². The van der Waals surface area contributed by atoms with Gasteiger partial charge in [-0.2, -0.15) is 0 Å². The maximum Gasteiger partial charge on any atom is 0.123 e. The summed E-state index contributed by atoms with van der Waals surface area (Å²) in [5, 5.41) is 16.4. The number of ether oxygens (including phenoxy) is 1. The first kappa shape index (κ1) is 12.5. The summed E-state index contributed by atoms with van der Waals surface area (Å²) in [6.07, 6.45) is 2.45. The van der Waals surface area contributed by atoms with Gasteiger partial charge < -0.3 is 9.84 Å². The second-order valence-corrected chi connectivity index (χ2v) is 3.79. The van der Waals surface area contributed by atoms with Gasteiger partial charge in [-0.05, 0) is 24.3 Å². The minimum Gasteiger partial charge on any atom is -0.494 e. The molecule has 0 aliphatic rings. The summed E-state index contributed by atoms with van der Waals surface area (Å²) < 4.78 is 19.7. The van der Waals surface area contributed by atoms with Crippen LogP contribution in [0.1, 0.15) is 12.1 Å². The van der Waals surface area contributed by atoms with Crippen LogP contribution in [0.3, 0.4) is 0 Å². The second kappa shape index (κ2) is 6.11. The minimum absolute atomic E-state index is 0.105. The molecule has 0 atom stereocenters. The van der Waals surface area contributed by atoms with Crippen LogP contribution < -0.4 is 4.74 Å². The first-order chi connectivity index (χ1) is 8.78. The normalized spacial score (nSPS) is 10.6. The van der Waals surface area contributed by atoms with Crippen LogP contribution in [0.2, 0.25) is 0 Å². The predicted molar refractivity (Wildman–Crippen MR) is 62.5 cm³/mol. The maximum absolute atomic E-state index is 12.6. The SMILES string of the molecule is OCc1cn(CCCOc2ccc(F)cc2)nn1. The third kappa shape index (κ3) is 3.53. The molecule has 0 bridgehead atoms. The number of aromatic nitrogens is 3. The monoisotopic (exact) mass is 251 g/mol. The highest BCUT2D eigenvalue weighted by Crippen LogP contribution is 2.11. The van der Waals surface area contributed by atoms with Gasteiger partial charge in [-0.15, -0.1) is 5.10 Å². The Kier molecular flexibility index (Phi) is 4.25. The van der Waals surface area contributed by atoms with Gasteiger partial charge in [0.1, 0.15) is 17.3 Å². The lowest BCUT2D eigenvalue weighted by molar-refractivity contribution is 0.276. The Morgan fingerprint density at radius 1 is 1.28 bits per heavy atom. The number of hydrogen-bond acceptors (Lipinski definition) is 4. The molecule has 0 amide bonds. The average molecular weight is 251 g/mol. The van der Waals surface area contributed by atoms with Crippen molar-refractivity contribution < 1.29 is 14.2 Å². The van der Waals surface area contributed by atoms with Crippen LogP contribution in [0, 0.1) is 5.82 Å². The van der Waals surface area contributed by atoms with Gasteiger partial charge in [0.15, 0.2) is 0 Å². The summed E-state index contributed by atoms with van der Waals surface area (Å²) in [6.45, 7) is 1.07. The van der Waals surface area contributed by atoms with Crippen LogP contribution in [0.15, 0.2) is 30.5 Å². The van der Waals surface area contributed by atoms with Gasteiger partial charge in [-0.3, -0.25) is 4.68 Å². The van der Waals surface area contributed by atoms with Crippen molar-refractivity contribution in [3.8, 4) is 5.75 Å². The van der Waals surface area contributed by atoms with Crippen LogP contribution in [-0.4, -0.2) is 26.7 Å². The van der Waals surface area contributed by atoms with Crippen molar-refractivity contribution in [1.82, 2.24) is 15.0 Å². The fourth-order valence-corrected chi connectivity index (χ4v) is 1.47. The molecule has 1 aromatic carbocycles. The highest BCUT2D eigenvalue weighted by molar-refractivity contribution is 5.21. The molecule has 96 valence electrons. The van der Waals surface area contributed by atoms with Gasteiger partial charge in [0.2, 0.25) is 0 Å². The molecular weight excluding hydrogens is 237 g/mol. The third-order valence-corrected chi connectivity index (χ3v) is 2.36. The molecule has 0 saturated carbocycles. The predicted octanol–water partition coefficient (Wildman–Crippen LogP) is 1.38. The number of rotatable bonds is 6. The standard InChI is InChI=1S/C12H14FN3O2/c13-10-2-4-12(5-3-10)18-7-1-6-16-8-11(9-17)14-15-16/h2-5,8,17H,1,6-7,9H2. The van der Waals surface area contributed by atoms with E-state index in [4.69, 9.17) is 9.84 Å². The van der Waals surface area contributed by atoms with Crippen molar-refractivity contribution in [2.45, 2.75) is 19.6 Å². The van der Waals surface area contributed by atoms with Crippen molar-refractivity contribution >= 4 is 0 Å². The Hall–Kier alpha value is -1.95. The molecule has 0 unspecified atom stereocenters. The second-order valence-electron chi connectivity index (χ2n) is 3.79. The molecule has 6 heteroatoms. The minimum atomic E-state index is -0.276. The molecule has 0 aliphatic heterocycles. The van der Waals surface area contributed by atoms with E-state index < -0.39 is 0 Å². The smallest absolute Gasteiger partial charge is 0.123 e. The Morgan fingerprint density at radius 3 is 2.72 bits per heavy atom. The Morgan fingerprint density at radius 2 is 2.06 bits per heavy atom. The van der Waals surface area contributed by atoms with Crippen molar-refractivity contribution in [1.29, 1.82) is 0 Å². The van der Waals surface area contributed by atoms with Crippen LogP contribution >= 0.6 is 0 Å². The van der Waals surface area contributed by atoms with E-state index in [1.165, 1.54) is 12.1 Å². The van der Waals surface area contributed by atoms with Gasteiger partial charge in [0, 0.05) is 13.0 Å². The van der Waals surface area contributed by atoms with E-state index in [0.717, 1.165) is 6.42 Å². The van der Waals surface area contributed by atoms with Crippen molar-refractivity contribution in [2.75, 3.05) is 6.61 Å². The zero-order valence-electron chi connectivity index (χ0n) is 9.79. The van der Waals surface area contributed by atoms with E-state index in [0.29, 0.717) is 24.6 Å². The lowest BCUT2D eigenvalue weighted by atomic mass is 10.3. The number of hydrogen-bond donors (Lipinski definition) is 1. The average Bonchev–Trinajstić information content (AvgIpc) is 2.85. The number of benzene rings is 1. The van der Waals surface area contributed by atoms with Crippen molar-refractivity contribution in [3.05, 3.63) is 42.0 Å². The highest BCUT2D eigenvalue weighted by Gasteiger charge is 1.99. The highest BCUT2D eigenvalue weighted by atomic mass is 19.1. The number of nitrogens with zero attached hydrogens (tertiary/aromatic N) is 3. The van der Waals surface area contributed by atoms with Crippen LogP contribution in [0.25, 0.3) is 0 Å². The molecule has 0 radical (unpaired) electrons. The van der Waals surface area contributed by atoms with Crippen LogP contribution in [-0.2, 0) is 13.2 Å². The Labute approximate surface area is 104 Å². The van der Waals surface area contributed by atoms with Gasteiger partial charge >= 0.3 is 0 Å². The third-order valence-electron chi connectivity index (χ3n) is 2.36. The summed E-state index contributed by atoms with van der Waals surface area (Å²) in [7, 11) is 0. The summed E-state index contributed by atoms with van der Waals surface area (Å²) in [5.74, 6) is 0.368. The molecule has 1 heterocycles. The van der Waals surface area contributed by atoms with Crippen LogP contribution in [0.5, 0.6) is 5.75 Å². The summed E-state index contributed by atoms with van der Waals surface area (Å²) >= 11 is 0. The maximum atomic E-state index is 12.6. The quantitative estimate of drug-likeness (QED) is 0.788. The zero-order chi connectivity index (χ0) is 12.8. The molecule has 0 aliphatic carbocycles. The largest absolute Gasteiger partial charge is 0.494 e. The zero-order valence-corrected chi connectivity index (χ0v) is 9.79. The molecule has 0 spiro atoms. The molecule has 2 aromatic rings. The summed E-state index contributed by atoms with van der Waals surface area (Å²) in [5.41, 5.74) is 0.550. The number of halogens is 1. The summed E-state index contributed by atoms with van der Waals surface area (Å²) in [6, 6.07) is 5.91. The van der Waals surface area contributed by atoms with Crippen molar-refractivity contribution in [2.24, 2.45) is 0 Å². The molecule has 0 saturated heterocycles. The molecule has 1 N–H and O–H groups in total. The van der Waals surface area contributed by atoms with E-state index in [1.54, 1.807) is 23.0 Å².